The summed E-state index contributed by atoms with van der Waals surface area (Å²) in [5.41, 5.74) is 6.70. The fourth-order valence-corrected chi connectivity index (χ4v) is 5.18. The van der Waals surface area contributed by atoms with Gasteiger partial charge >= 0.3 is 0 Å². The Hall–Kier alpha value is -4.41. The van der Waals surface area contributed by atoms with Crippen LogP contribution in [0.1, 0.15) is 4.88 Å². The standard InChI is InChI=1S/C27H24N8OS/c1-15-4-7-22(37-15)26-25-21(8-9-29-26)31-27(32-25)24-19-11-16(5-6-20(19)33-34-24)17-10-18(13-28-12-17)30-23(36)14-35(2)3/h4-13H,14H2,1-3H3,(H,30,36)(H,31,32)(H,33,34). The number of hydrogen-bond acceptors (Lipinski definition) is 7. The highest BCUT2D eigenvalue weighted by atomic mass is 32.1. The van der Waals surface area contributed by atoms with Gasteiger partial charge in [0.1, 0.15) is 16.9 Å². The lowest BCUT2D eigenvalue weighted by Crippen LogP contribution is -2.27. The molecule has 0 spiro atoms. The summed E-state index contributed by atoms with van der Waals surface area (Å²) in [6, 6.07) is 14.1. The molecule has 0 bridgehead atoms. The van der Waals surface area contributed by atoms with Crippen molar-refractivity contribution < 1.29 is 4.79 Å². The average Bonchev–Trinajstić information content (AvgIpc) is 3.60. The molecule has 0 aliphatic heterocycles. The molecule has 6 rings (SSSR count). The topological polar surface area (TPSA) is 115 Å². The molecule has 1 amide bonds. The number of thiophene rings is 1. The molecule has 0 fully saturated rings. The van der Waals surface area contributed by atoms with Crippen molar-refractivity contribution in [2.45, 2.75) is 6.92 Å². The van der Waals surface area contributed by atoms with Gasteiger partial charge in [0.25, 0.3) is 0 Å². The number of aryl methyl sites for hydroxylation is 1. The number of imidazole rings is 1. The van der Waals surface area contributed by atoms with E-state index in [9.17, 15) is 4.79 Å². The van der Waals surface area contributed by atoms with Crippen LogP contribution >= 0.6 is 11.3 Å². The van der Waals surface area contributed by atoms with Gasteiger partial charge in [-0.25, -0.2) is 4.98 Å². The molecule has 0 saturated carbocycles. The van der Waals surface area contributed by atoms with E-state index in [1.54, 1.807) is 29.9 Å². The highest BCUT2D eigenvalue weighted by molar-refractivity contribution is 7.15. The number of hydrogen-bond donors (Lipinski definition) is 3. The number of likely N-dealkylation sites (N-methyl/N-ethyl adjacent to an activating group) is 1. The van der Waals surface area contributed by atoms with Gasteiger partial charge in [0, 0.05) is 28.2 Å². The van der Waals surface area contributed by atoms with Crippen molar-refractivity contribution in [3.8, 4) is 33.2 Å². The van der Waals surface area contributed by atoms with Gasteiger partial charge in [-0.15, -0.1) is 11.3 Å². The van der Waals surface area contributed by atoms with E-state index in [-0.39, 0.29) is 5.91 Å². The minimum absolute atomic E-state index is 0.0898. The lowest BCUT2D eigenvalue weighted by Gasteiger charge is -2.11. The minimum Gasteiger partial charge on any atom is -0.336 e. The number of aromatic amines is 2. The highest BCUT2D eigenvalue weighted by Gasteiger charge is 2.17. The number of amides is 1. The third-order valence-electron chi connectivity index (χ3n) is 5.98. The fraction of sp³-hybridized carbons (Fsp3) is 0.148. The van der Waals surface area contributed by atoms with Gasteiger partial charge in [-0.3, -0.25) is 19.9 Å². The number of carbonyl (C=O) groups excluding carboxylic acids is 1. The van der Waals surface area contributed by atoms with Crippen LogP contribution in [0.5, 0.6) is 0 Å². The Morgan fingerprint density at radius 3 is 2.73 bits per heavy atom. The van der Waals surface area contributed by atoms with E-state index < -0.39 is 0 Å². The van der Waals surface area contributed by atoms with Crippen molar-refractivity contribution in [1.82, 2.24) is 35.0 Å². The van der Waals surface area contributed by atoms with Crippen molar-refractivity contribution in [3.05, 3.63) is 65.9 Å². The smallest absolute Gasteiger partial charge is 0.238 e. The van der Waals surface area contributed by atoms with Crippen LogP contribution < -0.4 is 5.32 Å². The molecule has 0 aliphatic carbocycles. The third-order valence-corrected chi connectivity index (χ3v) is 6.98. The molecule has 9 nitrogen and oxygen atoms in total. The van der Waals surface area contributed by atoms with Crippen LogP contribution in [-0.4, -0.2) is 61.6 Å². The quantitative estimate of drug-likeness (QED) is 0.288. The lowest BCUT2D eigenvalue weighted by molar-refractivity contribution is -0.116. The van der Waals surface area contributed by atoms with Crippen LogP contribution in [-0.2, 0) is 4.79 Å². The summed E-state index contributed by atoms with van der Waals surface area (Å²) < 4.78 is 0. The van der Waals surface area contributed by atoms with E-state index in [4.69, 9.17) is 4.98 Å². The molecule has 5 aromatic heterocycles. The first-order valence-corrected chi connectivity index (χ1v) is 12.6. The first kappa shape index (κ1) is 23.0. The van der Waals surface area contributed by atoms with E-state index in [1.165, 1.54) is 4.88 Å². The molecule has 0 radical (unpaired) electrons. The number of nitrogens with one attached hydrogen (secondary N) is 3. The normalized spacial score (nSPS) is 11.6. The van der Waals surface area contributed by atoms with Crippen molar-refractivity contribution in [2.75, 3.05) is 26.0 Å². The van der Waals surface area contributed by atoms with E-state index >= 15 is 0 Å². The molecule has 1 aromatic carbocycles. The average molecular weight is 509 g/mol. The fourth-order valence-electron chi connectivity index (χ4n) is 4.32. The maximum Gasteiger partial charge on any atom is 0.238 e. The zero-order valence-corrected chi connectivity index (χ0v) is 21.3. The Labute approximate surface area is 216 Å². The molecule has 10 heteroatoms. The largest absolute Gasteiger partial charge is 0.336 e. The van der Waals surface area contributed by atoms with Crippen LogP contribution in [0.2, 0.25) is 0 Å². The van der Waals surface area contributed by atoms with Gasteiger partial charge in [-0.1, -0.05) is 6.07 Å². The summed E-state index contributed by atoms with van der Waals surface area (Å²) in [6.07, 6.45) is 5.23. The van der Waals surface area contributed by atoms with E-state index in [1.807, 2.05) is 43.3 Å². The second-order valence-electron chi connectivity index (χ2n) is 9.13. The van der Waals surface area contributed by atoms with Crippen molar-refractivity contribution in [3.63, 3.8) is 0 Å². The van der Waals surface area contributed by atoms with Crippen LogP contribution in [0.4, 0.5) is 5.69 Å². The van der Waals surface area contributed by atoms with Gasteiger partial charge in [0.2, 0.25) is 5.91 Å². The Morgan fingerprint density at radius 1 is 1.03 bits per heavy atom. The van der Waals surface area contributed by atoms with Crippen molar-refractivity contribution >= 4 is 44.9 Å². The lowest BCUT2D eigenvalue weighted by atomic mass is 10.0. The molecule has 37 heavy (non-hydrogen) atoms. The zero-order valence-electron chi connectivity index (χ0n) is 20.5. The zero-order chi connectivity index (χ0) is 25.5. The summed E-state index contributed by atoms with van der Waals surface area (Å²) >= 11 is 1.70. The number of carbonyl (C=O) groups is 1. The van der Waals surface area contributed by atoms with Crippen LogP contribution in [0.25, 0.3) is 55.2 Å². The number of anilines is 1. The number of nitrogens with zero attached hydrogens (tertiary/aromatic N) is 5. The van der Waals surface area contributed by atoms with Gasteiger partial charge in [-0.05, 0) is 63.0 Å². The summed E-state index contributed by atoms with van der Waals surface area (Å²) in [7, 11) is 3.71. The summed E-state index contributed by atoms with van der Waals surface area (Å²) in [6.45, 7) is 2.38. The van der Waals surface area contributed by atoms with E-state index in [0.29, 0.717) is 18.1 Å². The van der Waals surface area contributed by atoms with Crippen molar-refractivity contribution in [2.24, 2.45) is 0 Å². The molecule has 0 atom stereocenters. The Balaban J connectivity index is 1.38. The van der Waals surface area contributed by atoms with Crippen LogP contribution in [0.15, 0.2) is 61.1 Å². The van der Waals surface area contributed by atoms with Gasteiger partial charge in [0.15, 0.2) is 5.82 Å². The molecule has 5 heterocycles. The predicted molar refractivity (Wildman–Crippen MR) is 147 cm³/mol. The van der Waals surface area contributed by atoms with Gasteiger partial charge in [0.05, 0.1) is 34.3 Å². The molecule has 184 valence electrons. The SMILES string of the molecule is Cc1ccc(-c2nccc3[nH]c(-c4n[nH]c5ccc(-c6cncc(NC(=O)CN(C)C)c6)cc45)nc23)s1. The number of benzene rings is 1. The second kappa shape index (κ2) is 9.23. The Kier molecular flexibility index (Phi) is 5.74. The number of fused-ring (bicyclic) bond motifs is 2. The first-order chi connectivity index (χ1) is 17.9. The summed E-state index contributed by atoms with van der Waals surface area (Å²) in [5, 5.41) is 11.5. The minimum atomic E-state index is -0.0898. The predicted octanol–water partition coefficient (Wildman–Crippen LogP) is 5.10. The molecule has 6 aromatic rings. The number of rotatable bonds is 6. The van der Waals surface area contributed by atoms with Crippen LogP contribution in [0.3, 0.4) is 0 Å². The first-order valence-electron chi connectivity index (χ1n) is 11.7. The third kappa shape index (κ3) is 4.48. The number of aromatic nitrogens is 6. The summed E-state index contributed by atoms with van der Waals surface area (Å²) in [5.74, 6) is 0.580. The Bertz CT molecular complexity index is 1760. The molecule has 0 aliphatic rings. The van der Waals surface area contributed by atoms with E-state index in [2.05, 4.69) is 55.6 Å². The molecular formula is C27H24N8OS. The number of H-pyrrole nitrogens is 2. The van der Waals surface area contributed by atoms with Gasteiger partial charge in [-0.2, -0.15) is 5.10 Å². The van der Waals surface area contributed by atoms with Crippen molar-refractivity contribution in [1.29, 1.82) is 0 Å². The maximum absolute atomic E-state index is 12.2. The Morgan fingerprint density at radius 2 is 1.92 bits per heavy atom. The molecule has 3 N–H and O–H groups in total. The highest BCUT2D eigenvalue weighted by Crippen LogP contribution is 2.34. The molecule has 0 unspecified atom stereocenters. The molecular weight excluding hydrogens is 484 g/mol. The maximum atomic E-state index is 12.2. The monoisotopic (exact) mass is 508 g/mol. The van der Waals surface area contributed by atoms with Gasteiger partial charge < -0.3 is 15.2 Å². The van der Waals surface area contributed by atoms with Crippen LogP contribution in [0, 0.1) is 6.92 Å². The second-order valence-corrected chi connectivity index (χ2v) is 10.4. The molecule has 0 saturated heterocycles. The summed E-state index contributed by atoms with van der Waals surface area (Å²) in [4.78, 5) is 33.6. The van der Waals surface area contributed by atoms with E-state index in [0.717, 1.165) is 49.3 Å². The number of pyridine rings is 2.